The minimum Gasteiger partial charge on any atom is -0.0934 e. The maximum atomic E-state index is 8.31. The molecule has 0 aliphatic heterocycles. The normalized spacial score (nSPS) is 28.0. The topological polar surface area (TPSA) is 48.8 Å². The molecule has 0 amide bonds. The molecule has 0 aromatic heterocycles. The van der Waals surface area contributed by atoms with Gasteiger partial charge in [0.15, 0.2) is 0 Å². The van der Waals surface area contributed by atoms with Gasteiger partial charge in [-0.1, -0.05) is 41.8 Å². The van der Waals surface area contributed by atoms with Gasteiger partial charge in [0.25, 0.3) is 0 Å². The molecule has 1 aromatic rings. The van der Waals surface area contributed by atoms with Gasteiger partial charge in [0.2, 0.25) is 0 Å². The summed E-state index contributed by atoms with van der Waals surface area (Å²) in [5, 5.41) is 4.51. The molecule has 1 saturated carbocycles. The summed E-state index contributed by atoms with van der Waals surface area (Å²) in [6, 6.07) is 7.98. The molecule has 4 heteroatoms. The first-order chi connectivity index (χ1) is 7.64. The number of halogens is 1. The van der Waals surface area contributed by atoms with Crippen LogP contribution in [0.1, 0.15) is 31.2 Å². The van der Waals surface area contributed by atoms with E-state index in [0.717, 1.165) is 17.9 Å². The molecule has 16 heavy (non-hydrogen) atoms. The molecule has 0 heterocycles. The first-order valence-electron chi connectivity index (χ1n) is 5.40. The van der Waals surface area contributed by atoms with Gasteiger partial charge in [0.05, 0.1) is 0 Å². The Kier molecular flexibility index (Phi) is 3.08. The molecular weight excluding hydrogens is 222 g/mol. The average Bonchev–Trinajstić information content (AvgIpc) is 2.24. The number of azide groups is 1. The van der Waals surface area contributed by atoms with Gasteiger partial charge >= 0.3 is 0 Å². The Labute approximate surface area is 100 Å². The van der Waals surface area contributed by atoms with Crippen LogP contribution in [0, 0.1) is 5.41 Å². The van der Waals surface area contributed by atoms with E-state index < -0.39 is 0 Å². The Morgan fingerprint density at radius 2 is 2.19 bits per heavy atom. The Morgan fingerprint density at radius 1 is 1.50 bits per heavy atom. The van der Waals surface area contributed by atoms with E-state index in [2.05, 4.69) is 23.0 Å². The van der Waals surface area contributed by atoms with Gasteiger partial charge in [0.1, 0.15) is 0 Å². The molecule has 0 bridgehead atoms. The average molecular weight is 236 g/mol. The molecule has 1 fully saturated rings. The lowest BCUT2D eigenvalue weighted by Gasteiger charge is -2.45. The summed E-state index contributed by atoms with van der Waals surface area (Å²) in [7, 11) is 0. The second kappa shape index (κ2) is 4.36. The van der Waals surface area contributed by atoms with Gasteiger partial charge in [-0.05, 0) is 41.3 Å². The smallest absolute Gasteiger partial charge is 0.0440 e. The highest BCUT2D eigenvalue weighted by Crippen LogP contribution is 2.52. The highest BCUT2D eigenvalue weighted by molar-refractivity contribution is 6.31. The van der Waals surface area contributed by atoms with Crippen molar-refractivity contribution in [2.75, 3.05) is 6.54 Å². The third-order valence-corrected chi connectivity index (χ3v) is 3.68. The minimum atomic E-state index is 0.163. The van der Waals surface area contributed by atoms with Crippen molar-refractivity contribution in [3.63, 3.8) is 0 Å². The molecule has 3 nitrogen and oxygen atoms in total. The first-order valence-corrected chi connectivity index (χ1v) is 5.78. The van der Waals surface area contributed by atoms with Crippen molar-refractivity contribution in [2.24, 2.45) is 10.5 Å². The summed E-state index contributed by atoms with van der Waals surface area (Å²) in [6.45, 7) is 2.75. The van der Waals surface area contributed by atoms with E-state index in [9.17, 15) is 0 Å². The lowest BCUT2D eigenvalue weighted by atomic mass is 9.61. The van der Waals surface area contributed by atoms with E-state index in [0.29, 0.717) is 12.5 Å². The molecule has 0 radical (unpaired) electrons. The maximum Gasteiger partial charge on any atom is 0.0440 e. The zero-order valence-electron chi connectivity index (χ0n) is 9.23. The number of nitrogens with zero attached hydrogens (tertiary/aromatic N) is 3. The zero-order chi connectivity index (χ0) is 11.6. The molecule has 0 spiro atoms. The van der Waals surface area contributed by atoms with E-state index in [1.54, 1.807) is 0 Å². The quantitative estimate of drug-likeness (QED) is 0.420. The standard InChI is InChI=1S/C12H14ClN3/c1-12(8-15-16-14)6-9(7-12)10-4-2-3-5-11(10)13/h2-5,9H,6-8H2,1H3. The third-order valence-electron chi connectivity index (χ3n) is 3.34. The number of benzene rings is 1. The van der Waals surface area contributed by atoms with Crippen LogP contribution in [-0.4, -0.2) is 6.54 Å². The largest absolute Gasteiger partial charge is 0.0934 e. The summed E-state index contributed by atoms with van der Waals surface area (Å²) >= 11 is 6.15. The lowest BCUT2D eigenvalue weighted by Crippen LogP contribution is -2.35. The lowest BCUT2D eigenvalue weighted by molar-refractivity contribution is 0.137. The number of hydrogen-bond acceptors (Lipinski definition) is 1. The molecule has 0 saturated heterocycles. The van der Waals surface area contributed by atoms with Gasteiger partial charge < -0.3 is 0 Å². The molecule has 1 aliphatic carbocycles. The molecular formula is C12H14ClN3. The highest BCUT2D eigenvalue weighted by atomic mass is 35.5. The van der Waals surface area contributed by atoms with Gasteiger partial charge in [-0.15, -0.1) is 0 Å². The van der Waals surface area contributed by atoms with Crippen LogP contribution >= 0.6 is 11.6 Å². The van der Waals surface area contributed by atoms with Crippen LogP contribution in [0.3, 0.4) is 0 Å². The van der Waals surface area contributed by atoms with E-state index in [1.165, 1.54) is 5.56 Å². The van der Waals surface area contributed by atoms with Crippen LogP contribution in [0.4, 0.5) is 0 Å². The molecule has 0 N–H and O–H groups in total. The fourth-order valence-corrected chi connectivity index (χ4v) is 2.78. The van der Waals surface area contributed by atoms with Gasteiger partial charge in [-0.2, -0.15) is 0 Å². The summed E-state index contributed by atoms with van der Waals surface area (Å²) < 4.78 is 0. The number of hydrogen-bond donors (Lipinski definition) is 0. The summed E-state index contributed by atoms with van der Waals surface area (Å²) in [5.41, 5.74) is 9.70. The van der Waals surface area contributed by atoms with E-state index in [-0.39, 0.29) is 5.41 Å². The Hall–Kier alpha value is -1.18. The van der Waals surface area contributed by atoms with E-state index in [4.69, 9.17) is 17.1 Å². The van der Waals surface area contributed by atoms with Crippen LogP contribution in [0.5, 0.6) is 0 Å². The third kappa shape index (κ3) is 2.16. The van der Waals surface area contributed by atoms with Crippen LogP contribution in [0.2, 0.25) is 5.02 Å². The summed E-state index contributed by atoms with van der Waals surface area (Å²) in [5.74, 6) is 0.521. The molecule has 0 unspecified atom stereocenters. The van der Waals surface area contributed by atoms with Crippen molar-refractivity contribution in [2.45, 2.75) is 25.7 Å². The second-order valence-corrected chi connectivity index (χ2v) is 5.23. The van der Waals surface area contributed by atoms with Crippen LogP contribution in [0.15, 0.2) is 29.4 Å². The summed E-state index contributed by atoms with van der Waals surface area (Å²) in [4.78, 5) is 2.82. The molecule has 1 aliphatic rings. The molecule has 0 atom stereocenters. The molecule has 84 valence electrons. The van der Waals surface area contributed by atoms with Crippen LogP contribution in [-0.2, 0) is 0 Å². The molecule has 2 rings (SSSR count). The fourth-order valence-electron chi connectivity index (χ4n) is 2.49. The fraction of sp³-hybridized carbons (Fsp3) is 0.500. The van der Waals surface area contributed by atoms with Crippen molar-refractivity contribution in [1.29, 1.82) is 0 Å². The summed E-state index contributed by atoms with van der Waals surface area (Å²) in [6.07, 6.45) is 2.10. The van der Waals surface area contributed by atoms with E-state index in [1.807, 2.05) is 18.2 Å². The van der Waals surface area contributed by atoms with Gasteiger partial charge in [-0.3, -0.25) is 0 Å². The minimum absolute atomic E-state index is 0.163. The first kappa shape index (κ1) is 11.3. The Balaban J connectivity index is 2.03. The van der Waals surface area contributed by atoms with E-state index >= 15 is 0 Å². The maximum absolute atomic E-state index is 8.31. The van der Waals surface area contributed by atoms with Crippen molar-refractivity contribution in [3.8, 4) is 0 Å². The van der Waals surface area contributed by atoms with Crippen LogP contribution in [0.25, 0.3) is 10.4 Å². The van der Waals surface area contributed by atoms with Crippen molar-refractivity contribution < 1.29 is 0 Å². The van der Waals surface area contributed by atoms with Crippen molar-refractivity contribution in [3.05, 3.63) is 45.3 Å². The van der Waals surface area contributed by atoms with Gasteiger partial charge in [0, 0.05) is 16.5 Å². The monoisotopic (exact) mass is 235 g/mol. The van der Waals surface area contributed by atoms with Gasteiger partial charge in [-0.25, -0.2) is 0 Å². The molecule has 1 aromatic carbocycles. The number of rotatable bonds is 3. The van der Waals surface area contributed by atoms with Crippen LogP contribution < -0.4 is 0 Å². The highest BCUT2D eigenvalue weighted by Gasteiger charge is 2.40. The van der Waals surface area contributed by atoms with Crippen molar-refractivity contribution >= 4 is 11.6 Å². The zero-order valence-corrected chi connectivity index (χ0v) is 9.98. The van der Waals surface area contributed by atoms with Crippen molar-refractivity contribution in [1.82, 2.24) is 0 Å². The predicted octanol–water partition coefficient (Wildman–Crippen LogP) is 4.53. The predicted molar refractivity (Wildman–Crippen MR) is 65.5 cm³/mol. The SMILES string of the molecule is CC1(CN=[N+]=[N-])CC(c2ccccc2Cl)C1. The Morgan fingerprint density at radius 3 is 2.81 bits per heavy atom. The second-order valence-electron chi connectivity index (χ2n) is 4.83. The Bertz CT molecular complexity index is 432.